The summed E-state index contributed by atoms with van der Waals surface area (Å²) in [6.07, 6.45) is 5.36. The zero-order valence-electron chi connectivity index (χ0n) is 14.6. The van der Waals surface area contributed by atoms with Crippen molar-refractivity contribution in [2.75, 3.05) is 7.11 Å². The largest absolute Gasteiger partial charge is 0.497 e. The average molecular weight is 341 g/mol. The number of aromatic nitrogens is 3. The summed E-state index contributed by atoms with van der Waals surface area (Å²) < 4.78 is 7.26. The first-order chi connectivity index (χ1) is 12.8. The fraction of sp³-hybridized carbons (Fsp3) is 0.182. The first-order valence-corrected chi connectivity index (χ1v) is 8.94. The third-order valence-corrected chi connectivity index (χ3v) is 5.07. The molecule has 0 atom stereocenters. The van der Waals surface area contributed by atoms with E-state index in [1.54, 1.807) is 7.11 Å². The molecule has 0 radical (unpaired) electrons. The summed E-state index contributed by atoms with van der Waals surface area (Å²) in [6.45, 7) is 0. The standard InChI is InChI=1S/C22H19N3O/c1-26-17-12-10-15(11-13-17)21-19-14-25(16-6-3-2-4-7-16)24-22(19)18-8-5-9-20(18)23-21/h2-4,6-7,10-14H,5,8-9H2,1H3. The minimum absolute atomic E-state index is 0.853. The summed E-state index contributed by atoms with van der Waals surface area (Å²) in [5, 5.41) is 6.04. The van der Waals surface area contributed by atoms with Crippen LogP contribution in [0.2, 0.25) is 0 Å². The van der Waals surface area contributed by atoms with Crippen molar-refractivity contribution in [2.45, 2.75) is 19.3 Å². The van der Waals surface area contributed by atoms with Gasteiger partial charge < -0.3 is 4.74 Å². The van der Waals surface area contributed by atoms with E-state index in [0.29, 0.717) is 0 Å². The van der Waals surface area contributed by atoms with Gasteiger partial charge in [-0.3, -0.25) is 4.98 Å². The molecule has 2 aromatic heterocycles. The van der Waals surface area contributed by atoms with Crippen LogP contribution >= 0.6 is 0 Å². The molecule has 1 aliphatic rings. The Labute approximate surface area is 152 Å². The zero-order chi connectivity index (χ0) is 17.5. The first kappa shape index (κ1) is 15.1. The molecular formula is C22H19N3O. The van der Waals surface area contributed by atoms with Crippen LogP contribution in [0.3, 0.4) is 0 Å². The summed E-state index contributed by atoms with van der Waals surface area (Å²) in [4.78, 5) is 5.02. The number of nitrogens with zero attached hydrogens (tertiary/aromatic N) is 3. The SMILES string of the molecule is COc1ccc(-c2nc3c(c4nn(-c5ccccc5)cc24)CCC3)cc1. The van der Waals surface area contributed by atoms with Gasteiger partial charge in [0.2, 0.25) is 0 Å². The number of benzene rings is 2. The molecule has 4 nitrogen and oxygen atoms in total. The highest BCUT2D eigenvalue weighted by Crippen LogP contribution is 2.35. The third-order valence-electron chi connectivity index (χ3n) is 5.07. The maximum absolute atomic E-state index is 5.29. The fourth-order valence-electron chi connectivity index (χ4n) is 3.75. The van der Waals surface area contributed by atoms with Gasteiger partial charge in [0.1, 0.15) is 5.75 Å². The predicted molar refractivity (Wildman–Crippen MR) is 103 cm³/mol. The van der Waals surface area contributed by atoms with E-state index >= 15 is 0 Å². The van der Waals surface area contributed by atoms with E-state index in [0.717, 1.165) is 52.9 Å². The molecule has 0 N–H and O–H groups in total. The summed E-state index contributed by atoms with van der Waals surface area (Å²) in [5.74, 6) is 0.853. The van der Waals surface area contributed by atoms with E-state index in [-0.39, 0.29) is 0 Å². The van der Waals surface area contributed by atoms with E-state index < -0.39 is 0 Å². The van der Waals surface area contributed by atoms with E-state index in [9.17, 15) is 0 Å². The van der Waals surface area contributed by atoms with Crippen LogP contribution in [0, 0.1) is 0 Å². The molecular weight excluding hydrogens is 322 g/mol. The smallest absolute Gasteiger partial charge is 0.118 e. The minimum Gasteiger partial charge on any atom is -0.497 e. The lowest BCUT2D eigenvalue weighted by Gasteiger charge is -2.07. The zero-order valence-corrected chi connectivity index (χ0v) is 14.6. The molecule has 0 spiro atoms. The van der Waals surface area contributed by atoms with Gasteiger partial charge in [-0.05, 0) is 55.7 Å². The lowest BCUT2D eigenvalue weighted by molar-refractivity contribution is 0.415. The molecule has 0 saturated heterocycles. The second-order valence-electron chi connectivity index (χ2n) is 6.64. The van der Waals surface area contributed by atoms with Gasteiger partial charge in [0.25, 0.3) is 0 Å². The molecule has 4 aromatic rings. The van der Waals surface area contributed by atoms with Crippen molar-refractivity contribution >= 4 is 10.9 Å². The maximum Gasteiger partial charge on any atom is 0.118 e. The van der Waals surface area contributed by atoms with Gasteiger partial charge in [-0.15, -0.1) is 0 Å². The summed E-state index contributed by atoms with van der Waals surface area (Å²) >= 11 is 0. The Bertz CT molecular complexity index is 1080. The fourth-order valence-corrected chi connectivity index (χ4v) is 3.75. The van der Waals surface area contributed by atoms with Crippen molar-refractivity contribution in [2.24, 2.45) is 0 Å². The normalized spacial score (nSPS) is 13.1. The molecule has 2 heterocycles. The Morgan fingerprint density at radius 2 is 1.77 bits per heavy atom. The van der Waals surface area contributed by atoms with Gasteiger partial charge in [-0.25, -0.2) is 4.68 Å². The van der Waals surface area contributed by atoms with Crippen LogP contribution < -0.4 is 4.74 Å². The van der Waals surface area contributed by atoms with Gasteiger partial charge in [0.15, 0.2) is 0 Å². The van der Waals surface area contributed by atoms with Gasteiger partial charge in [0, 0.05) is 28.4 Å². The Morgan fingerprint density at radius 1 is 0.962 bits per heavy atom. The molecule has 0 amide bonds. The molecule has 0 aliphatic heterocycles. The van der Waals surface area contributed by atoms with Gasteiger partial charge in [-0.2, -0.15) is 5.10 Å². The van der Waals surface area contributed by atoms with E-state index in [1.807, 2.05) is 35.0 Å². The lowest BCUT2D eigenvalue weighted by Crippen LogP contribution is -1.95. The summed E-state index contributed by atoms with van der Waals surface area (Å²) in [7, 11) is 1.69. The minimum atomic E-state index is 0.853. The molecule has 0 unspecified atom stereocenters. The molecule has 1 aliphatic carbocycles. The van der Waals surface area contributed by atoms with E-state index in [4.69, 9.17) is 14.8 Å². The van der Waals surface area contributed by atoms with Crippen molar-refractivity contribution in [1.29, 1.82) is 0 Å². The van der Waals surface area contributed by atoms with E-state index in [1.165, 1.54) is 11.3 Å². The van der Waals surface area contributed by atoms with Crippen LogP contribution in [0.25, 0.3) is 27.8 Å². The third kappa shape index (κ3) is 2.37. The molecule has 0 bridgehead atoms. The number of rotatable bonds is 3. The number of fused-ring (bicyclic) bond motifs is 3. The number of pyridine rings is 1. The van der Waals surface area contributed by atoms with Crippen LogP contribution in [0.4, 0.5) is 0 Å². The molecule has 2 aromatic carbocycles. The molecule has 0 fully saturated rings. The number of ether oxygens (including phenoxy) is 1. The number of hydrogen-bond acceptors (Lipinski definition) is 3. The molecule has 128 valence electrons. The number of para-hydroxylation sites is 1. The summed E-state index contributed by atoms with van der Waals surface area (Å²) in [6, 6.07) is 18.4. The van der Waals surface area contributed by atoms with E-state index in [2.05, 4.69) is 30.5 Å². The van der Waals surface area contributed by atoms with Crippen LogP contribution in [0.5, 0.6) is 5.75 Å². The lowest BCUT2D eigenvalue weighted by atomic mass is 10.0. The number of hydrogen-bond donors (Lipinski definition) is 0. The average Bonchev–Trinajstić information content (AvgIpc) is 3.34. The highest BCUT2D eigenvalue weighted by molar-refractivity contribution is 5.95. The molecule has 0 saturated carbocycles. The van der Waals surface area contributed by atoms with Crippen LogP contribution in [0.1, 0.15) is 17.7 Å². The van der Waals surface area contributed by atoms with Crippen molar-refractivity contribution < 1.29 is 4.74 Å². The number of aryl methyl sites for hydroxylation is 2. The number of methoxy groups -OCH3 is 1. The van der Waals surface area contributed by atoms with Gasteiger partial charge >= 0.3 is 0 Å². The second-order valence-corrected chi connectivity index (χ2v) is 6.64. The highest BCUT2D eigenvalue weighted by Gasteiger charge is 2.22. The van der Waals surface area contributed by atoms with Crippen molar-refractivity contribution in [1.82, 2.24) is 14.8 Å². The van der Waals surface area contributed by atoms with Crippen molar-refractivity contribution in [3.05, 3.63) is 72.1 Å². The Morgan fingerprint density at radius 3 is 2.54 bits per heavy atom. The molecule has 5 rings (SSSR count). The maximum atomic E-state index is 5.29. The molecule has 26 heavy (non-hydrogen) atoms. The van der Waals surface area contributed by atoms with Gasteiger partial charge in [-0.1, -0.05) is 18.2 Å². The summed E-state index contributed by atoms with van der Waals surface area (Å²) in [5.41, 5.74) is 6.76. The first-order valence-electron chi connectivity index (χ1n) is 8.94. The Hall–Kier alpha value is -3.14. The van der Waals surface area contributed by atoms with Gasteiger partial charge in [0.05, 0.1) is 24.0 Å². The Balaban J connectivity index is 1.75. The van der Waals surface area contributed by atoms with Crippen molar-refractivity contribution in [3.8, 4) is 22.7 Å². The second kappa shape index (κ2) is 5.99. The predicted octanol–water partition coefficient (Wildman–Crippen LogP) is 4.58. The van der Waals surface area contributed by atoms with Crippen molar-refractivity contribution in [3.63, 3.8) is 0 Å². The molecule has 4 heteroatoms. The van der Waals surface area contributed by atoms with Crippen LogP contribution in [-0.4, -0.2) is 21.9 Å². The highest BCUT2D eigenvalue weighted by atomic mass is 16.5. The van der Waals surface area contributed by atoms with Crippen LogP contribution in [-0.2, 0) is 12.8 Å². The van der Waals surface area contributed by atoms with Crippen LogP contribution in [0.15, 0.2) is 60.8 Å². The topological polar surface area (TPSA) is 39.9 Å². The quantitative estimate of drug-likeness (QED) is 0.547. The Kier molecular flexibility index (Phi) is 3.49. The monoisotopic (exact) mass is 341 g/mol.